The summed E-state index contributed by atoms with van der Waals surface area (Å²) >= 11 is 0. The van der Waals surface area contributed by atoms with Gasteiger partial charge < -0.3 is 14.8 Å². The van der Waals surface area contributed by atoms with E-state index in [1.165, 1.54) is 11.1 Å². The van der Waals surface area contributed by atoms with Crippen molar-refractivity contribution in [2.75, 3.05) is 20.8 Å². The van der Waals surface area contributed by atoms with Crippen LogP contribution < -0.4 is 14.8 Å². The third kappa shape index (κ3) is 3.04. The van der Waals surface area contributed by atoms with Crippen LogP contribution in [-0.2, 0) is 17.8 Å². The number of nitrogens with one attached hydrogen (secondary N) is 1. The minimum Gasteiger partial charge on any atom is -0.493 e. The monoisotopic (exact) mass is 304 g/mol. The fourth-order valence-electron chi connectivity index (χ4n) is 2.95. The van der Waals surface area contributed by atoms with Crippen molar-refractivity contribution in [1.82, 2.24) is 10.2 Å². The van der Waals surface area contributed by atoms with Crippen LogP contribution in [0.3, 0.4) is 0 Å². The molecule has 1 aromatic carbocycles. The highest BCUT2D eigenvalue weighted by Crippen LogP contribution is 2.33. The van der Waals surface area contributed by atoms with Crippen molar-refractivity contribution in [2.24, 2.45) is 0 Å². The standard InChI is InChI=1S/C17H24N2O3/c1-11(17(20)18-14-4-5-14)19-7-6-12-8-15(21-2)16(22-3)9-13(12)10-19/h8-9,11,14H,4-7,10H2,1-3H3,(H,18,20)/t11-/m0/s1. The molecule has 1 aromatic rings. The molecule has 1 amide bonds. The molecule has 2 aliphatic rings. The molecular weight excluding hydrogens is 280 g/mol. The number of ether oxygens (including phenoxy) is 2. The van der Waals surface area contributed by atoms with Crippen LogP contribution >= 0.6 is 0 Å². The van der Waals surface area contributed by atoms with Gasteiger partial charge in [-0.25, -0.2) is 0 Å². The molecule has 0 spiro atoms. The number of hydrogen-bond acceptors (Lipinski definition) is 4. The Bertz CT molecular complexity index is 569. The van der Waals surface area contributed by atoms with Gasteiger partial charge >= 0.3 is 0 Å². The molecule has 0 saturated heterocycles. The van der Waals surface area contributed by atoms with Gasteiger partial charge in [0.05, 0.1) is 20.3 Å². The minimum atomic E-state index is -0.0955. The van der Waals surface area contributed by atoms with Gasteiger partial charge in [0, 0.05) is 19.1 Å². The van der Waals surface area contributed by atoms with Gasteiger partial charge in [0.2, 0.25) is 5.91 Å². The molecule has 1 fully saturated rings. The van der Waals surface area contributed by atoms with Crippen molar-refractivity contribution < 1.29 is 14.3 Å². The van der Waals surface area contributed by atoms with Crippen molar-refractivity contribution in [3.05, 3.63) is 23.3 Å². The molecule has 1 aliphatic carbocycles. The summed E-state index contributed by atoms with van der Waals surface area (Å²) < 4.78 is 10.7. The third-order valence-electron chi connectivity index (χ3n) is 4.60. The quantitative estimate of drug-likeness (QED) is 0.900. The van der Waals surface area contributed by atoms with Crippen LogP contribution in [0.25, 0.3) is 0 Å². The van der Waals surface area contributed by atoms with Crippen LogP contribution in [0.4, 0.5) is 0 Å². The smallest absolute Gasteiger partial charge is 0.237 e. The van der Waals surface area contributed by atoms with Crippen LogP contribution in [0, 0.1) is 0 Å². The zero-order valence-electron chi connectivity index (χ0n) is 13.5. The van der Waals surface area contributed by atoms with E-state index < -0.39 is 0 Å². The summed E-state index contributed by atoms with van der Waals surface area (Å²) in [6.45, 7) is 3.65. The van der Waals surface area contributed by atoms with Gasteiger partial charge in [-0.05, 0) is 49.4 Å². The first-order chi connectivity index (χ1) is 10.6. The number of methoxy groups -OCH3 is 2. The molecule has 0 unspecified atom stereocenters. The van der Waals surface area contributed by atoms with Crippen molar-refractivity contribution >= 4 is 5.91 Å². The van der Waals surface area contributed by atoms with Crippen molar-refractivity contribution in [1.29, 1.82) is 0 Å². The van der Waals surface area contributed by atoms with Crippen LogP contribution in [0.15, 0.2) is 12.1 Å². The summed E-state index contributed by atoms with van der Waals surface area (Å²) in [6, 6.07) is 4.41. The average Bonchev–Trinajstić information content (AvgIpc) is 3.36. The number of benzene rings is 1. The number of carbonyl (C=O) groups is 1. The van der Waals surface area contributed by atoms with Crippen LogP contribution in [0.1, 0.15) is 30.9 Å². The molecule has 5 nitrogen and oxygen atoms in total. The molecule has 1 saturated carbocycles. The van der Waals surface area contributed by atoms with Gasteiger partial charge in [0.25, 0.3) is 0 Å². The molecule has 1 aliphatic heterocycles. The fraction of sp³-hybridized carbons (Fsp3) is 0.588. The van der Waals surface area contributed by atoms with E-state index in [2.05, 4.69) is 16.3 Å². The lowest BCUT2D eigenvalue weighted by Gasteiger charge is -2.33. The summed E-state index contributed by atoms with van der Waals surface area (Å²) in [4.78, 5) is 14.5. The molecule has 22 heavy (non-hydrogen) atoms. The predicted octanol–water partition coefficient (Wildman–Crippen LogP) is 1.73. The highest BCUT2D eigenvalue weighted by Gasteiger charge is 2.30. The number of hydrogen-bond donors (Lipinski definition) is 1. The molecule has 3 rings (SSSR count). The van der Waals surface area contributed by atoms with Gasteiger partial charge in [-0.15, -0.1) is 0 Å². The van der Waals surface area contributed by atoms with E-state index in [1.807, 2.05) is 13.0 Å². The fourth-order valence-corrected chi connectivity index (χ4v) is 2.95. The summed E-state index contributed by atoms with van der Waals surface area (Å²) in [6.07, 6.45) is 3.17. The maximum atomic E-state index is 12.2. The van der Waals surface area contributed by atoms with E-state index in [9.17, 15) is 4.79 Å². The molecule has 0 radical (unpaired) electrons. The highest BCUT2D eigenvalue weighted by molar-refractivity contribution is 5.81. The lowest BCUT2D eigenvalue weighted by atomic mass is 9.97. The highest BCUT2D eigenvalue weighted by atomic mass is 16.5. The Labute approximate surface area is 131 Å². The number of nitrogens with zero attached hydrogens (tertiary/aromatic N) is 1. The van der Waals surface area contributed by atoms with Crippen LogP contribution in [-0.4, -0.2) is 43.7 Å². The second-order valence-corrected chi connectivity index (χ2v) is 6.16. The minimum absolute atomic E-state index is 0.0955. The molecule has 1 heterocycles. The number of amides is 1. The van der Waals surface area contributed by atoms with Gasteiger partial charge in [0.15, 0.2) is 11.5 Å². The van der Waals surface area contributed by atoms with Gasteiger partial charge in [-0.1, -0.05) is 0 Å². The van der Waals surface area contributed by atoms with Gasteiger partial charge in [-0.3, -0.25) is 9.69 Å². The Hall–Kier alpha value is -1.75. The second kappa shape index (κ2) is 6.16. The summed E-state index contributed by atoms with van der Waals surface area (Å²) in [5.41, 5.74) is 2.50. The van der Waals surface area contributed by atoms with Crippen molar-refractivity contribution in [3.63, 3.8) is 0 Å². The first-order valence-corrected chi connectivity index (χ1v) is 7.90. The normalized spacial score (nSPS) is 19.2. The first kappa shape index (κ1) is 15.2. The summed E-state index contributed by atoms with van der Waals surface area (Å²) in [5, 5.41) is 3.09. The molecule has 0 aromatic heterocycles. The van der Waals surface area contributed by atoms with E-state index in [0.29, 0.717) is 6.04 Å². The number of rotatable bonds is 5. The van der Waals surface area contributed by atoms with E-state index in [4.69, 9.17) is 9.47 Å². The maximum Gasteiger partial charge on any atom is 0.237 e. The molecule has 120 valence electrons. The predicted molar refractivity (Wildman–Crippen MR) is 84.3 cm³/mol. The van der Waals surface area contributed by atoms with E-state index in [0.717, 1.165) is 43.9 Å². The second-order valence-electron chi connectivity index (χ2n) is 6.16. The lowest BCUT2D eigenvalue weighted by Crippen LogP contribution is -2.47. The van der Waals surface area contributed by atoms with Crippen molar-refractivity contribution in [3.8, 4) is 11.5 Å². The topological polar surface area (TPSA) is 50.8 Å². The Morgan fingerprint density at radius 3 is 2.45 bits per heavy atom. The summed E-state index contributed by atoms with van der Waals surface area (Å²) in [7, 11) is 3.31. The third-order valence-corrected chi connectivity index (χ3v) is 4.60. The van der Waals surface area contributed by atoms with Crippen LogP contribution in [0.5, 0.6) is 11.5 Å². The Kier molecular flexibility index (Phi) is 4.25. The zero-order chi connectivity index (χ0) is 15.7. The van der Waals surface area contributed by atoms with E-state index in [-0.39, 0.29) is 11.9 Å². The Morgan fingerprint density at radius 1 is 1.23 bits per heavy atom. The van der Waals surface area contributed by atoms with Crippen molar-refractivity contribution in [2.45, 2.75) is 44.8 Å². The maximum absolute atomic E-state index is 12.2. The largest absolute Gasteiger partial charge is 0.493 e. The zero-order valence-corrected chi connectivity index (χ0v) is 13.5. The molecule has 1 N–H and O–H groups in total. The van der Waals surface area contributed by atoms with Crippen LogP contribution in [0.2, 0.25) is 0 Å². The Morgan fingerprint density at radius 2 is 1.86 bits per heavy atom. The van der Waals surface area contributed by atoms with E-state index in [1.54, 1.807) is 14.2 Å². The molecule has 5 heteroatoms. The lowest BCUT2D eigenvalue weighted by molar-refractivity contribution is -0.126. The molecule has 0 bridgehead atoms. The van der Waals surface area contributed by atoms with Gasteiger partial charge in [0.1, 0.15) is 0 Å². The number of carbonyl (C=O) groups excluding carboxylic acids is 1. The van der Waals surface area contributed by atoms with Gasteiger partial charge in [-0.2, -0.15) is 0 Å². The average molecular weight is 304 g/mol. The SMILES string of the molecule is COc1cc2c(cc1OC)CN([C@@H](C)C(=O)NC1CC1)CC2. The summed E-state index contributed by atoms with van der Waals surface area (Å²) in [5.74, 6) is 1.67. The first-order valence-electron chi connectivity index (χ1n) is 7.90. The van der Waals surface area contributed by atoms with E-state index >= 15 is 0 Å². The molecular formula is C17H24N2O3. The molecule has 1 atom stereocenters. The number of fused-ring (bicyclic) bond motifs is 1. The Balaban J connectivity index is 1.73.